The lowest BCUT2D eigenvalue weighted by Crippen LogP contribution is -2.25. The van der Waals surface area contributed by atoms with Crippen LogP contribution < -0.4 is 5.32 Å². The first kappa shape index (κ1) is 13.0. The zero-order valence-electron chi connectivity index (χ0n) is 8.29. The van der Waals surface area contributed by atoms with Crippen molar-refractivity contribution in [2.24, 2.45) is 0 Å². The van der Waals surface area contributed by atoms with Gasteiger partial charge in [0.2, 0.25) is 5.91 Å². The van der Waals surface area contributed by atoms with E-state index in [1.807, 2.05) is 30.3 Å². The maximum atomic E-state index is 11.2. The lowest BCUT2D eigenvalue weighted by Gasteiger charge is -2.03. The summed E-state index contributed by atoms with van der Waals surface area (Å²) in [5.41, 5.74) is 0.924. The molecule has 0 aromatic heterocycles. The summed E-state index contributed by atoms with van der Waals surface area (Å²) < 4.78 is 29.1. The molecule has 1 aromatic rings. The zero-order chi connectivity index (χ0) is 12.0. The van der Waals surface area contributed by atoms with Gasteiger partial charge in [-0.15, -0.1) is 0 Å². The van der Waals surface area contributed by atoms with Gasteiger partial charge in [-0.3, -0.25) is 9.35 Å². The van der Waals surface area contributed by atoms with Crippen molar-refractivity contribution in [3.8, 4) is 0 Å². The highest BCUT2D eigenvalue weighted by atomic mass is 33.1. The molecule has 88 valence electrons. The first-order valence-corrected chi connectivity index (χ1v) is 7.34. The van der Waals surface area contributed by atoms with Crippen molar-refractivity contribution in [3.63, 3.8) is 0 Å². The third-order valence-electron chi connectivity index (χ3n) is 1.67. The van der Waals surface area contributed by atoms with Crippen molar-refractivity contribution in [2.45, 2.75) is 6.54 Å². The number of benzene rings is 1. The van der Waals surface area contributed by atoms with Crippen LogP contribution in [0.4, 0.5) is 0 Å². The van der Waals surface area contributed by atoms with Gasteiger partial charge in [-0.1, -0.05) is 30.3 Å². The molecule has 0 aliphatic rings. The van der Waals surface area contributed by atoms with Gasteiger partial charge >= 0.3 is 9.15 Å². The fraction of sp³-hybridized carbons (Fsp3) is 0.222. The van der Waals surface area contributed by atoms with Crippen LogP contribution in [0.15, 0.2) is 30.3 Å². The number of nitrogens with one attached hydrogen (secondary N) is 1. The van der Waals surface area contributed by atoms with Crippen molar-refractivity contribution < 1.29 is 17.8 Å². The summed E-state index contributed by atoms with van der Waals surface area (Å²) in [4.78, 5) is 11.2. The Morgan fingerprint density at radius 2 is 1.94 bits per heavy atom. The maximum Gasteiger partial charge on any atom is 0.320 e. The average molecular weight is 261 g/mol. The van der Waals surface area contributed by atoms with Crippen LogP contribution in [0.5, 0.6) is 0 Å². The zero-order valence-corrected chi connectivity index (χ0v) is 9.92. The van der Waals surface area contributed by atoms with Crippen LogP contribution in [0.3, 0.4) is 0 Å². The smallest absolute Gasteiger partial charge is 0.320 e. The van der Waals surface area contributed by atoms with Gasteiger partial charge < -0.3 is 5.32 Å². The molecule has 0 aliphatic carbocycles. The number of rotatable bonds is 5. The van der Waals surface area contributed by atoms with E-state index in [0.29, 0.717) is 6.54 Å². The van der Waals surface area contributed by atoms with E-state index < -0.39 is 15.1 Å². The molecule has 16 heavy (non-hydrogen) atoms. The van der Waals surface area contributed by atoms with Crippen LogP contribution in [0, 0.1) is 0 Å². The molecule has 0 unspecified atom stereocenters. The highest BCUT2D eigenvalue weighted by Crippen LogP contribution is 2.08. The molecule has 1 amide bonds. The number of amides is 1. The summed E-state index contributed by atoms with van der Waals surface area (Å²) in [6.45, 7) is 0.339. The molecule has 0 atom stereocenters. The predicted octanol–water partition coefficient (Wildman–Crippen LogP) is 0.839. The Hall–Kier alpha value is -1.05. The number of hydrogen-bond donors (Lipinski definition) is 2. The lowest BCUT2D eigenvalue weighted by molar-refractivity contribution is -0.118. The Bertz CT molecular complexity index is 444. The van der Waals surface area contributed by atoms with E-state index in [-0.39, 0.29) is 16.5 Å². The molecular weight excluding hydrogens is 250 g/mol. The molecule has 1 rings (SSSR count). The molecule has 2 N–H and O–H groups in total. The second kappa shape index (κ2) is 5.88. The molecule has 7 heteroatoms. The van der Waals surface area contributed by atoms with E-state index in [0.717, 1.165) is 5.56 Å². The molecule has 0 saturated heterocycles. The summed E-state index contributed by atoms with van der Waals surface area (Å²) in [5, 5.41) is 2.54. The fourth-order valence-corrected chi connectivity index (χ4v) is 2.10. The van der Waals surface area contributed by atoms with Crippen LogP contribution >= 0.6 is 10.8 Å². The molecule has 0 spiro atoms. The molecular formula is C9H11NO4S2. The van der Waals surface area contributed by atoms with Crippen molar-refractivity contribution >= 4 is 25.9 Å². The van der Waals surface area contributed by atoms with E-state index in [4.69, 9.17) is 4.55 Å². The number of carbonyl (C=O) groups excluding carboxylic acids is 1. The van der Waals surface area contributed by atoms with Gasteiger partial charge in [-0.05, 0) is 5.56 Å². The normalized spacial score (nSPS) is 11.1. The van der Waals surface area contributed by atoms with Gasteiger partial charge in [0, 0.05) is 17.3 Å². The predicted molar refractivity (Wildman–Crippen MR) is 62.3 cm³/mol. The van der Waals surface area contributed by atoms with E-state index >= 15 is 0 Å². The van der Waals surface area contributed by atoms with E-state index in [9.17, 15) is 13.2 Å². The summed E-state index contributed by atoms with van der Waals surface area (Å²) in [5.74, 6) is -0.752. The molecule has 0 aliphatic heterocycles. The molecule has 1 aromatic carbocycles. The minimum atomic E-state index is -4.15. The van der Waals surface area contributed by atoms with Crippen LogP contribution in [0.2, 0.25) is 0 Å². The van der Waals surface area contributed by atoms with Crippen LogP contribution in [-0.2, 0) is 20.5 Å². The standard InChI is InChI=1S/C9H11NO4S2/c11-9(7-15-16(12,13)14)10-6-8-4-2-1-3-5-8/h1-5H,6-7H2,(H,10,11)(H,12,13,14). The topological polar surface area (TPSA) is 83.5 Å². The summed E-state index contributed by atoms with van der Waals surface area (Å²) >= 11 is 0. The second-order valence-corrected chi connectivity index (χ2v) is 6.30. The summed E-state index contributed by atoms with van der Waals surface area (Å²) in [6, 6.07) is 9.23. The molecule has 0 radical (unpaired) electrons. The van der Waals surface area contributed by atoms with Gasteiger partial charge in [-0.2, -0.15) is 8.42 Å². The fourth-order valence-electron chi connectivity index (χ4n) is 0.976. The number of hydrogen-bond acceptors (Lipinski definition) is 4. The van der Waals surface area contributed by atoms with Crippen LogP contribution in [0.25, 0.3) is 0 Å². The van der Waals surface area contributed by atoms with Crippen LogP contribution in [0.1, 0.15) is 5.56 Å². The average Bonchev–Trinajstić information content (AvgIpc) is 2.24. The SMILES string of the molecule is O=C(CSS(=O)(=O)O)NCc1ccccc1. The van der Waals surface area contributed by atoms with Gasteiger partial charge in [0.05, 0.1) is 5.75 Å². The summed E-state index contributed by atoms with van der Waals surface area (Å²) in [6.07, 6.45) is 0. The maximum absolute atomic E-state index is 11.2. The third-order valence-corrected chi connectivity index (χ3v) is 3.60. The first-order chi connectivity index (χ1) is 7.47. The monoisotopic (exact) mass is 261 g/mol. The van der Waals surface area contributed by atoms with Gasteiger partial charge in [0.1, 0.15) is 0 Å². The van der Waals surface area contributed by atoms with Gasteiger partial charge in [0.15, 0.2) is 0 Å². The van der Waals surface area contributed by atoms with E-state index in [1.165, 1.54) is 0 Å². The van der Waals surface area contributed by atoms with E-state index in [1.54, 1.807) is 0 Å². The summed E-state index contributed by atoms with van der Waals surface area (Å²) in [7, 11) is -3.95. The Morgan fingerprint density at radius 1 is 1.31 bits per heavy atom. The quantitative estimate of drug-likeness (QED) is 0.606. The number of carbonyl (C=O) groups is 1. The van der Waals surface area contributed by atoms with Crippen molar-refractivity contribution in [1.82, 2.24) is 5.32 Å². The van der Waals surface area contributed by atoms with E-state index in [2.05, 4.69) is 5.32 Å². The third kappa shape index (κ3) is 5.74. The Labute approximate surface area is 97.4 Å². The Balaban J connectivity index is 2.31. The molecule has 0 heterocycles. The Kier molecular flexibility index (Phi) is 4.78. The highest BCUT2D eigenvalue weighted by Gasteiger charge is 2.09. The minimum absolute atomic E-state index is 0.193. The first-order valence-electron chi connectivity index (χ1n) is 4.40. The van der Waals surface area contributed by atoms with Crippen LogP contribution in [-0.4, -0.2) is 24.6 Å². The second-order valence-electron chi connectivity index (χ2n) is 2.95. The molecule has 0 saturated carbocycles. The highest BCUT2D eigenvalue weighted by molar-refractivity contribution is 8.70. The molecule has 0 bridgehead atoms. The van der Waals surface area contributed by atoms with Crippen molar-refractivity contribution in [2.75, 3.05) is 5.75 Å². The molecule has 5 nitrogen and oxygen atoms in total. The van der Waals surface area contributed by atoms with Crippen molar-refractivity contribution in [3.05, 3.63) is 35.9 Å². The van der Waals surface area contributed by atoms with Gasteiger partial charge in [-0.25, -0.2) is 0 Å². The lowest BCUT2D eigenvalue weighted by atomic mass is 10.2. The largest absolute Gasteiger partial charge is 0.351 e. The van der Waals surface area contributed by atoms with Gasteiger partial charge in [0.25, 0.3) is 0 Å². The molecule has 0 fully saturated rings. The Morgan fingerprint density at radius 3 is 2.50 bits per heavy atom. The minimum Gasteiger partial charge on any atom is -0.351 e. The van der Waals surface area contributed by atoms with Crippen molar-refractivity contribution in [1.29, 1.82) is 0 Å².